The molecule has 0 saturated carbocycles. The first-order valence-electron chi connectivity index (χ1n) is 13.5. The summed E-state index contributed by atoms with van der Waals surface area (Å²) in [4.78, 5) is 24.8. The Hall–Kier alpha value is -4.58. The second kappa shape index (κ2) is 9.51. The normalized spacial score (nSPS) is 20.5. The Morgan fingerprint density at radius 2 is 1.76 bits per heavy atom. The number of piperidine rings is 1. The molecule has 1 unspecified atom stereocenters. The molecular formula is C29H28N8O3S. The fourth-order valence-electron chi connectivity index (χ4n) is 6.46. The summed E-state index contributed by atoms with van der Waals surface area (Å²) in [5.74, 6) is -0.198. The molecule has 1 amide bonds. The van der Waals surface area contributed by atoms with E-state index >= 15 is 0 Å². The maximum atomic E-state index is 13.2. The van der Waals surface area contributed by atoms with E-state index in [4.69, 9.17) is 10.7 Å². The summed E-state index contributed by atoms with van der Waals surface area (Å²) in [5.41, 5.74) is 11.3. The molecule has 0 radical (unpaired) electrons. The second-order valence-electron chi connectivity index (χ2n) is 10.8. The number of hydrogen-bond acceptors (Lipinski definition) is 8. The number of carbonyl (C=O) groups excluding carboxylic acids is 1. The van der Waals surface area contributed by atoms with Crippen molar-refractivity contribution >= 4 is 27.2 Å². The van der Waals surface area contributed by atoms with Crippen LogP contribution >= 0.6 is 0 Å². The number of hydrogen-bond donors (Lipinski definition) is 2. The van der Waals surface area contributed by atoms with Gasteiger partial charge in [0, 0.05) is 53.3 Å². The molecule has 2 aliphatic rings. The van der Waals surface area contributed by atoms with Crippen LogP contribution in [0.1, 0.15) is 47.7 Å². The lowest BCUT2D eigenvalue weighted by atomic mass is 9.87. The number of carbonyl (C=O) groups is 1. The Morgan fingerprint density at radius 3 is 2.39 bits per heavy atom. The number of nitrogens with one attached hydrogen (secondary N) is 1. The summed E-state index contributed by atoms with van der Waals surface area (Å²) in [5, 5.41) is 11.0. The van der Waals surface area contributed by atoms with Gasteiger partial charge >= 0.3 is 0 Å². The number of nitrogen functional groups attached to an aromatic ring is 1. The molecule has 6 heterocycles. The lowest BCUT2D eigenvalue weighted by Crippen LogP contribution is -2.46. The van der Waals surface area contributed by atoms with Crippen LogP contribution in [0.25, 0.3) is 28.0 Å². The van der Waals surface area contributed by atoms with Crippen LogP contribution in [0.15, 0.2) is 72.1 Å². The number of amides is 1. The summed E-state index contributed by atoms with van der Waals surface area (Å²) in [6, 6.07) is 13.7. The number of anilines is 1. The van der Waals surface area contributed by atoms with Gasteiger partial charge in [-0.2, -0.15) is 14.7 Å². The summed E-state index contributed by atoms with van der Waals surface area (Å²) >= 11 is 0. The van der Waals surface area contributed by atoms with Gasteiger partial charge in [0.05, 0.1) is 29.3 Å². The monoisotopic (exact) mass is 568 g/mol. The Bertz CT molecular complexity index is 1850. The van der Waals surface area contributed by atoms with Gasteiger partial charge in [0.15, 0.2) is 15.5 Å². The van der Waals surface area contributed by atoms with E-state index in [0.29, 0.717) is 35.3 Å². The lowest BCUT2D eigenvalue weighted by molar-refractivity contribution is 0.0568. The molecule has 2 bridgehead atoms. The smallest absolute Gasteiger partial charge is 0.257 e. The maximum Gasteiger partial charge on any atom is 0.257 e. The standard InChI is InChI=1S/C29H28N8O3S/c1-41(39,40)26-25(19-11-21-8-9-22(12-19)36(21)29(38)20-14-32-33-15-20)35-28-23(16-34-37(28)27(26)30)18-7-10-24(31-13-18)17-5-3-2-4-6-17/h2-7,10,13-16,19,21-22H,8-9,11-12,30H2,1H3,(H,32,33)/t19?,21-,22+. The van der Waals surface area contributed by atoms with Crippen molar-refractivity contribution in [2.75, 3.05) is 12.0 Å². The number of nitrogens with two attached hydrogens (primary N) is 1. The third-order valence-electron chi connectivity index (χ3n) is 8.28. The van der Waals surface area contributed by atoms with Crippen LogP contribution in [0, 0.1) is 0 Å². The molecule has 11 nitrogen and oxygen atoms in total. The van der Waals surface area contributed by atoms with Crippen molar-refractivity contribution < 1.29 is 13.2 Å². The van der Waals surface area contributed by atoms with E-state index in [2.05, 4.69) is 20.3 Å². The maximum absolute atomic E-state index is 13.2. The summed E-state index contributed by atoms with van der Waals surface area (Å²) < 4.78 is 27.5. The summed E-state index contributed by atoms with van der Waals surface area (Å²) in [7, 11) is -3.73. The minimum Gasteiger partial charge on any atom is -0.382 e. The van der Waals surface area contributed by atoms with E-state index in [9.17, 15) is 13.2 Å². The molecule has 5 aromatic rings. The number of nitrogens with zero attached hydrogens (tertiary/aromatic N) is 6. The van der Waals surface area contributed by atoms with Crippen molar-refractivity contribution in [2.45, 2.75) is 48.6 Å². The highest BCUT2D eigenvalue weighted by Crippen LogP contribution is 2.45. The zero-order valence-corrected chi connectivity index (χ0v) is 23.1. The van der Waals surface area contributed by atoms with Gasteiger partial charge in [0.1, 0.15) is 10.7 Å². The third-order valence-corrected chi connectivity index (χ3v) is 9.44. The first kappa shape index (κ1) is 25.4. The molecule has 7 rings (SSSR count). The van der Waals surface area contributed by atoms with E-state index in [0.717, 1.165) is 35.9 Å². The van der Waals surface area contributed by atoms with Crippen molar-refractivity contribution in [2.24, 2.45) is 0 Å². The molecule has 41 heavy (non-hydrogen) atoms. The number of pyridine rings is 1. The molecule has 4 aromatic heterocycles. The van der Waals surface area contributed by atoms with Crippen molar-refractivity contribution in [3.05, 3.63) is 78.5 Å². The highest BCUT2D eigenvalue weighted by molar-refractivity contribution is 7.91. The van der Waals surface area contributed by atoms with Crippen molar-refractivity contribution in [1.82, 2.24) is 34.7 Å². The summed E-state index contributed by atoms with van der Waals surface area (Å²) in [6.07, 6.45) is 10.6. The molecule has 1 aromatic carbocycles. The molecule has 2 aliphatic heterocycles. The predicted molar refractivity (Wildman–Crippen MR) is 153 cm³/mol. The average Bonchev–Trinajstić information content (AvgIpc) is 3.71. The van der Waals surface area contributed by atoms with Crippen LogP contribution in [0.3, 0.4) is 0 Å². The molecular weight excluding hydrogens is 540 g/mol. The number of benzene rings is 1. The minimum absolute atomic E-state index is 0.0104. The average molecular weight is 569 g/mol. The Morgan fingerprint density at radius 1 is 1.00 bits per heavy atom. The SMILES string of the molecule is CS(=O)(=O)c1c(C2C[C@H]3CC[C@@H](C2)N3C(=O)c2cn[nH]c2)nc2c(-c3ccc(-c4ccccc4)nc3)cnn2c1N. The molecule has 0 spiro atoms. The van der Waals surface area contributed by atoms with E-state index in [1.54, 1.807) is 18.6 Å². The Balaban J connectivity index is 1.29. The molecule has 2 fully saturated rings. The van der Waals surface area contributed by atoms with Crippen LogP contribution in [-0.2, 0) is 9.84 Å². The molecule has 208 valence electrons. The van der Waals surface area contributed by atoms with Gasteiger partial charge in [0.25, 0.3) is 5.91 Å². The molecule has 2 saturated heterocycles. The number of fused-ring (bicyclic) bond motifs is 3. The highest BCUT2D eigenvalue weighted by atomic mass is 32.2. The number of sulfone groups is 1. The van der Waals surface area contributed by atoms with Crippen LogP contribution in [0.4, 0.5) is 5.82 Å². The van der Waals surface area contributed by atoms with Gasteiger partial charge in [0.2, 0.25) is 0 Å². The minimum atomic E-state index is -3.73. The number of H-pyrrole nitrogens is 1. The molecule has 12 heteroatoms. The van der Waals surface area contributed by atoms with Crippen LogP contribution in [0.5, 0.6) is 0 Å². The van der Waals surface area contributed by atoms with Gasteiger partial charge < -0.3 is 10.6 Å². The lowest BCUT2D eigenvalue weighted by Gasteiger charge is -2.39. The fraction of sp³-hybridized carbons (Fsp3) is 0.276. The number of rotatable bonds is 5. The van der Waals surface area contributed by atoms with E-state index < -0.39 is 9.84 Å². The molecule has 3 atom stereocenters. The van der Waals surface area contributed by atoms with E-state index in [1.807, 2.05) is 47.4 Å². The zero-order chi connectivity index (χ0) is 28.3. The van der Waals surface area contributed by atoms with Gasteiger partial charge in [-0.25, -0.2) is 13.4 Å². The zero-order valence-electron chi connectivity index (χ0n) is 22.3. The van der Waals surface area contributed by atoms with E-state index in [1.165, 1.54) is 10.7 Å². The van der Waals surface area contributed by atoms with Gasteiger partial charge in [-0.3, -0.25) is 14.9 Å². The number of aromatic nitrogens is 6. The largest absolute Gasteiger partial charge is 0.382 e. The molecule has 0 aliphatic carbocycles. The van der Waals surface area contributed by atoms with E-state index in [-0.39, 0.29) is 34.6 Å². The number of aromatic amines is 1. The first-order valence-corrected chi connectivity index (χ1v) is 15.4. The van der Waals surface area contributed by atoms with Gasteiger partial charge in [-0.15, -0.1) is 0 Å². The van der Waals surface area contributed by atoms with Crippen LogP contribution in [0.2, 0.25) is 0 Å². The third kappa shape index (κ3) is 4.26. The fourth-order valence-corrected chi connectivity index (χ4v) is 7.52. The first-order chi connectivity index (χ1) is 19.8. The van der Waals surface area contributed by atoms with Crippen LogP contribution in [-0.4, -0.2) is 67.3 Å². The van der Waals surface area contributed by atoms with Crippen LogP contribution < -0.4 is 5.73 Å². The van der Waals surface area contributed by atoms with Crippen molar-refractivity contribution in [1.29, 1.82) is 0 Å². The Labute approximate surface area is 236 Å². The van der Waals surface area contributed by atoms with Crippen molar-refractivity contribution in [3.8, 4) is 22.4 Å². The predicted octanol–water partition coefficient (Wildman–Crippen LogP) is 3.72. The van der Waals surface area contributed by atoms with Gasteiger partial charge in [-0.1, -0.05) is 36.4 Å². The molecule has 3 N–H and O–H groups in total. The van der Waals surface area contributed by atoms with Gasteiger partial charge in [-0.05, 0) is 31.7 Å². The summed E-state index contributed by atoms with van der Waals surface area (Å²) in [6.45, 7) is 0. The Kier molecular flexibility index (Phi) is 5.89. The quantitative estimate of drug-likeness (QED) is 0.325. The highest BCUT2D eigenvalue weighted by Gasteiger charge is 2.45. The topological polar surface area (TPSA) is 152 Å². The van der Waals surface area contributed by atoms with Crippen molar-refractivity contribution in [3.63, 3.8) is 0 Å². The second-order valence-corrected chi connectivity index (χ2v) is 12.8.